The van der Waals surface area contributed by atoms with Crippen LogP contribution in [0, 0.1) is 6.26 Å². The molecule has 0 heterocycles. The topological polar surface area (TPSA) is 18.5 Å². The van der Waals surface area contributed by atoms with E-state index in [-0.39, 0.29) is 18.9 Å². The zero-order valence-corrected chi connectivity index (χ0v) is 9.84. The van der Waals surface area contributed by atoms with Crippen LogP contribution in [0.25, 0.3) is 0 Å². The second-order valence-electron chi connectivity index (χ2n) is 2.99. The van der Waals surface area contributed by atoms with Crippen LogP contribution in [-0.2, 0) is 9.47 Å². The summed E-state index contributed by atoms with van der Waals surface area (Å²) in [5.41, 5.74) is 0. The van der Waals surface area contributed by atoms with Gasteiger partial charge in [-0.25, -0.2) is 6.08 Å². The first-order valence-corrected chi connectivity index (χ1v) is 5.18. The monoisotopic (exact) mass is 192 g/mol. The van der Waals surface area contributed by atoms with Crippen LogP contribution in [-0.4, -0.2) is 13.4 Å². The van der Waals surface area contributed by atoms with Gasteiger partial charge >= 0.3 is 18.9 Å². The second-order valence-corrected chi connectivity index (χ2v) is 2.99. The molecular weight excluding hydrogens is 171 g/mol. The molecule has 0 aromatic rings. The molecule has 3 heteroatoms. The van der Waals surface area contributed by atoms with Gasteiger partial charge in [0.1, 0.15) is 0 Å². The molecule has 0 bridgehead atoms. The molecule has 0 unspecified atom stereocenters. The molecule has 0 amide bonds. The predicted octanol–water partition coefficient (Wildman–Crippen LogP) is 0.288. The van der Waals surface area contributed by atoms with Gasteiger partial charge < -0.3 is 15.7 Å². The Labute approximate surface area is 100 Å². The predicted molar refractivity (Wildman–Crippen MR) is 54.2 cm³/mol. The maximum Gasteiger partial charge on any atom is 1.00 e. The summed E-state index contributed by atoms with van der Waals surface area (Å²) < 4.78 is 10.2. The summed E-state index contributed by atoms with van der Waals surface area (Å²) in [5.74, 6) is 0. The van der Waals surface area contributed by atoms with Gasteiger partial charge in [0.15, 0.2) is 6.79 Å². The Morgan fingerprint density at radius 2 is 1.86 bits per heavy atom. The van der Waals surface area contributed by atoms with Crippen LogP contribution in [0.2, 0.25) is 0 Å². The van der Waals surface area contributed by atoms with Crippen LogP contribution in [0.4, 0.5) is 0 Å². The normalized spacial score (nSPS) is 10.1. The molecule has 0 saturated carbocycles. The third-order valence-corrected chi connectivity index (χ3v) is 1.65. The molecule has 0 N–H and O–H groups in total. The van der Waals surface area contributed by atoms with Gasteiger partial charge in [-0.3, -0.25) is 0 Å². The minimum Gasteiger partial charge on any atom is -0.675 e. The molecule has 0 atom stereocenters. The summed E-state index contributed by atoms with van der Waals surface area (Å²) in [6.45, 7) is 5.43. The van der Waals surface area contributed by atoms with Crippen molar-refractivity contribution in [3.63, 3.8) is 0 Å². The van der Waals surface area contributed by atoms with Crippen molar-refractivity contribution >= 4 is 0 Å². The van der Waals surface area contributed by atoms with Crippen molar-refractivity contribution in [1.29, 1.82) is 0 Å². The SMILES string of the molecule is CCCCC=[C-]OCOCCCC.[Li+]. The Morgan fingerprint density at radius 3 is 2.50 bits per heavy atom. The Kier molecular flexibility index (Phi) is 18.4. The minimum absolute atomic E-state index is 0. The average Bonchev–Trinajstić information content (AvgIpc) is 2.16. The Bertz CT molecular complexity index is 116. The molecule has 78 valence electrons. The van der Waals surface area contributed by atoms with E-state index in [4.69, 9.17) is 9.47 Å². The Morgan fingerprint density at radius 1 is 1.14 bits per heavy atom. The maximum atomic E-state index is 5.18. The average molecular weight is 192 g/mol. The molecule has 0 spiro atoms. The van der Waals surface area contributed by atoms with Crippen LogP contribution >= 0.6 is 0 Å². The summed E-state index contributed by atoms with van der Waals surface area (Å²) in [5, 5.41) is 0. The molecule has 0 fully saturated rings. The van der Waals surface area contributed by atoms with Crippen LogP contribution in [0.3, 0.4) is 0 Å². The first-order chi connectivity index (χ1) is 6.41. The van der Waals surface area contributed by atoms with Crippen molar-refractivity contribution in [2.45, 2.75) is 46.0 Å². The molecule has 0 aliphatic carbocycles. The van der Waals surface area contributed by atoms with E-state index >= 15 is 0 Å². The molecule has 14 heavy (non-hydrogen) atoms. The van der Waals surface area contributed by atoms with Crippen molar-refractivity contribution in [3.8, 4) is 0 Å². The zero-order chi connectivity index (χ0) is 9.78. The summed E-state index contributed by atoms with van der Waals surface area (Å²) in [4.78, 5) is 0. The molecule has 0 rings (SSSR count). The van der Waals surface area contributed by atoms with Crippen LogP contribution in [0.1, 0.15) is 46.0 Å². The van der Waals surface area contributed by atoms with E-state index in [0.29, 0.717) is 6.79 Å². The molecule has 0 aliphatic rings. The van der Waals surface area contributed by atoms with Crippen LogP contribution in [0.15, 0.2) is 6.08 Å². The fourth-order valence-corrected chi connectivity index (χ4v) is 0.805. The first-order valence-electron chi connectivity index (χ1n) is 5.18. The van der Waals surface area contributed by atoms with E-state index in [1.807, 2.05) is 6.08 Å². The number of allylic oxidation sites excluding steroid dienone is 1. The van der Waals surface area contributed by atoms with Gasteiger partial charge in [0, 0.05) is 0 Å². The quantitative estimate of drug-likeness (QED) is 0.172. The van der Waals surface area contributed by atoms with Gasteiger partial charge in [0.25, 0.3) is 0 Å². The van der Waals surface area contributed by atoms with Crippen molar-refractivity contribution in [2.75, 3.05) is 13.4 Å². The van der Waals surface area contributed by atoms with E-state index in [2.05, 4.69) is 20.1 Å². The van der Waals surface area contributed by atoms with Gasteiger partial charge in [-0.15, -0.1) is 0 Å². The van der Waals surface area contributed by atoms with Gasteiger partial charge in [-0.05, 0) is 6.42 Å². The number of ether oxygens (including phenoxy) is 2. The molecule has 0 saturated heterocycles. The fraction of sp³-hybridized carbons (Fsp3) is 0.818. The third-order valence-electron chi connectivity index (χ3n) is 1.65. The van der Waals surface area contributed by atoms with Gasteiger partial charge in [0.05, 0.1) is 6.61 Å². The smallest absolute Gasteiger partial charge is 0.675 e. The number of hydrogen-bond donors (Lipinski definition) is 0. The van der Waals surface area contributed by atoms with E-state index < -0.39 is 0 Å². The molecule has 0 radical (unpaired) electrons. The largest absolute Gasteiger partial charge is 1.00 e. The summed E-state index contributed by atoms with van der Waals surface area (Å²) in [6.07, 6.45) is 10.4. The Hall–Kier alpha value is 0.0974. The van der Waals surface area contributed by atoms with Crippen LogP contribution in [0.5, 0.6) is 0 Å². The summed E-state index contributed by atoms with van der Waals surface area (Å²) in [7, 11) is 0. The fourth-order valence-electron chi connectivity index (χ4n) is 0.805. The van der Waals surface area contributed by atoms with Gasteiger partial charge in [-0.2, -0.15) is 0 Å². The third kappa shape index (κ3) is 14.6. The van der Waals surface area contributed by atoms with E-state index in [9.17, 15) is 0 Å². The molecule has 0 aromatic heterocycles. The standard InChI is InChI=1S/C11H21O2.Li/c1-3-5-7-8-10-13-11-12-9-6-4-2;/h8H,3-7,9,11H2,1-2H3;/q-1;+1. The van der Waals surface area contributed by atoms with E-state index in [0.717, 1.165) is 25.9 Å². The maximum absolute atomic E-state index is 5.18. The second kappa shape index (κ2) is 15.6. The van der Waals surface area contributed by atoms with Crippen molar-refractivity contribution in [3.05, 3.63) is 12.3 Å². The van der Waals surface area contributed by atoms with Gasteiger partial charge in [0.2, 0.25) is 0 Å². The Balaban J connectivity index is 0. The van der Waals surface area contributed by atoms with Crippen molar-refractivity contribution < 1.29 is 28.3 Å². The van der Waals surface area contributed by atoms with E-state index in [1.54, 1.807) is 0 Å². The first kappa shape index (κ1) is 16.5. The minimum atomic E-state index is 0. The van der Waals surface area contributed by atoms with Crippen LogP contribution < -0.4 is 18.9 Å². The summed E-state index contributed by atoms with van der Waals surface area (Å²) in [6, 6.07) is 0. The molecular formula is C11H21LiO2. The number of hydrogen-bond acceptors (Lipinski definition) is 2. The number of rotatable bonds is 9. The number of unbranched alkanes of at least 4 members (excludes halogenated alkanes) is 3. The van der Waals surface area contributed by atoms with Gasteiger partial charge in [-0.1, -0.05) is 39.5 Å². The molecule has 0 aromatic carbocycles. The van der Waals surface area contributed by atoms with Crippen molar-refractivity contribution in [2.24, 2.45) is 0 Å². The van der Waals surface area contributed by atoms with E-state index in [1.165, 1.54) is 12.8 Å². The molecule has 2 nitrogen and oxygen atoms in total. The zero-order valence-electron chi connectivity index (χ0n) is 9.84. The summed E-state index contributed by atoms with van der Waals surface area (Å²) >= 11 is 0. The molecule has 0 aliphatic heterocycles. The van der Waals surface area contributed by atoms with Crippen molar-refractivity contribution in [1.82, 2.24) is 0 Å².